The topological polar surface area (TPSA) is 65.4 Å². The number of halogens is 4. The van der Waals surface area contributed by atoms with Crippen molar-refractivity contribution in [2.45, 2.75) is 6.92 Å². The first kappa shape index (κ1) is 34.4. The number of carbonyl (C=O) groups is 1. The van der Waals surface area contributed by atoms with E-state index >= 15 is 0 Å². The molecule has 1 saturated heterocycles. The van der Waals surface area contributed by atoms with Crippen LogP contribution in [0.15, 0.2) is 79.5 Å². The van der Waals surface area contributed by atoms with Gasteiger partial charge in [-0.3, -0.25) is 14.6 Å². The molecule has 4 aromatic rings. The maximum atomic E-state index is 12.9. The maximum Gasteiger partial charge on any atom is 0.251 e. The summed E-state index contributed by atoms with van der Waals surface area (Å²) in [7, 11) is 0. The van der Waals surface area contributed by atoms with Crippen molar-refractivity contribution in [2.24, 2.45) is 0 Å². The molecule has 41 heavy (non-hydrogen) atoms. The first-order chi connectivity index (χ1) is 18.5. The quantitative estimate of drug-likeness (QED) is 0.204. The Balaban J connectivity index is 0.00000196. The molecule has 220 valence electrons. The van der Waals surface area contributed by atoms with Gasteiger partial charge in [-0.15, -0.1) is 43.8 Å². The molecule has 2 heterocycles. The minimum absolute atomic E-state index is 0. The highest BCUT2D eigenvalue weighted by Crippen LogP contribution is 2.30. The van der Waals surface area contributed by atoms with Crippen LogP contribution in [0.2, 0.25) is 5.02 Å². The molecule has 1 fully saturated rings. The molecule has 0 radical (unpaired) electrons. The lowest BCUT2D eigenvalue weighted by molar-refractivity contribution is 0.0939. The number of fused-ring (bicyclic) bond motifs is 1. The normalized spacial score (nSPS) is 13.4. The van der Waals surface area contributed by atoms with E-state index in [9.17, 15) is 4.79 Å². The maximum absolute atomic E-state index is 12.9. The summed E-state index contributed by atoms with van der Waals surface area (Å²) in [5, 5.41) is 12.8. The number of nitrogens with zero attached hydrogens (tertiary/aromatic N) is 4. The first-order valence-corrected chi connectivity index (χ1v) is 13.3. The van der Waals surface area contributed by atoms with Crippen molar-refractivity contribution in [3.63, 3.8) is 0 Å². The second-order valence-corrected chi connectivity index (χ2v) is 10.0. The summed E-state index contributed by atoms with van der Waals surface area (Å²) in [6.07, 6.45) is 3.79. The Kier molecular flexibility index (Phi) is 13.4. The number of hydrogen-bond acceptors (Lipinski definition) is 5. The molecule has 1 aliphatic rings. The van der Waals surface area contributed by atoms with Gasteiger partial charge in [0.05, 0.1) is 28.1 Å². The van der Waals surface area contributed by atoms with Crippen molar-refractivity contribution in [3.05, 3.63) is 95.7 Å². The average molecular weight is 638 g/mol. The molecule has 5 rings (SSSR count). The van der Waals surface area contributed by atoms with Gasteiger partial charge in [0.2, 0.25) is 0 Å². The van der Waals surface area contributed by atoms with E-state index in [1.165, 1.54) is 0 Å². The van der Waals surface area contributed by atoms with Gasteiger partial charge in [-0.25, -0.2) is 4.68 Å². The number of amides is 1. The summed E-state index contributed by atoms with van der Waals surface area (Å²) in [4.78, 5) is 17.7. The molecule has 1 aliphatic heterocycles. The fourth-order valence-electron chi connectivity index (χ4n) is 4.80. The molecule has 0 bridgehead atoms. The minimum atomic E-state index is -0.0740. The van der Waals surface area contributed by atoms with E-state index < -0.39 is 0 Å². The van der Waals surface area contributed by atoms with Gasteiger partial charge in [-0.2, -0.15) is 5.10 Å². The van der Waals surface area contributed by atoms with Gasteiger partial charge >= 0.3 is 0 Å². The monoisotopic (exact) mass is 636 g/mol. The van der Waals surface area contributed by atoms with E-state index in [1.54, 1.807) is 0 Å². The fraction of sp³-hybridized carbons (Fsp3) is 0.267. The molecule has 2 N–H and O–H groups in total. The lowest BCUT2D eigenvalue weighted by Gasteiger charge is -2.34. The van der Waals surface area contributed by atoms with Crippen LogP contribution in [0.1, 0.15) is 15.9 Å². The van der Waals surface area contributed by atoms with Gasteiger partial charge in [-0.05, 0) is 55.0 Å². The van der Waals surface area contributed by atoms with E-state index in [0.29, 0.717) is 17.1 Å². The zero-order chi connectivity index (χ0) is 26.5. The Morgan fingerprint density at radius 1 is 1.00 bits per heavy atom. The molecule has 1 aromatic heterocycles. The van der Waals surface area contributed by atoms with Crippen molar-refractivity contribution in [1.82, 2.24) is 24.9 Å². The Morgan fingerprint density at radius 3 is 2.49 bits per heavy atom. The highest BCUT2D eigenvalue weighted by molar-refractivity contribution is 6.34. The summed E-state index contributed by atoms with van der Waals surface area (Å²) >= 11 is 6.45. The molecule has 0 atom stereocenters. The van der Waals surface area contributed by atoms with E-state index in [-0.39, 0.29) is 43.1 Å². The molecule has 0 aliphatic carbocycles. The SMILES string of the molecule is C=CCN1CCN(CCNC(=O)c2cccc(-n3ncc4cc(Nc5cccc(C)c5Cl)ccc43)c2)CC1.Cl.Cl.Cl. The Labute approximate surface area is 265 Å². The number of anilines is 2. The third-order valence-electron chi connectivity index (χ3n) is 6.96. The molecular weight excluding hydrogens is 602 g/mol. The molecule has 3 aromatic carbocycles. The molecule has 0 spiro atoms. The van der Waals surface area contributed by atoms with Gasteiger partial charge in [-0.1, -0.05) is 35.9 Å². The van der Waals surface area contributed by atoms with Crippen LogP contribution in [0.4, 0.5) is 11.4 Å². The molecule has 7 nitrogen and oxygen atoms in total. The number of rotatable bonds is 9. The van der Waals surface area contributed by atoms with Crippen molar-refractivity contribution in [2.75, 3.05) is 51.1 Å². The molecule has 0 unspecified atom stereocenters. The summed E-state index contributed by atoms with van der Waals surface area (Å²) in [5.74, 6) is -0.0740. The van der Waals surface area contributed by atoms with Crippen LogP contribution < -0.4 is 10.6 Å². The number of hydrogen-bond donors (Lipinski definition) is 2. The third-order valence-corrected chi connectivity index (χ3v) is 7.46. The predicted molar refractivity (Wildman–Crippen MR) is 178 cm³/mol. The highest BCUT2D eigenvalue weighted by atomic mass is 35.5. The first-order valence-electron chi connectivity index (χ1n) is 13.0. The molecule has 1 amide bonds. The van der Waals surface area contributed by atoms with Crippen molar-refractivity contribution < 1.29 is 4.79 Å². The summed E-state index contributed by atoms with van der Waals surface area (Å²) < 4.78 is 1.86. The Bertz CT molecular complexity index is 1450. The van der Waals surface area contributed by atoms with Gasteiger partial charge in [0, 0.05) is 62.5 Å². The number of piperazine rings is 1. The van der Waals surface area contributed by atoms with Crippen molar-refractivity contribution in [3.8, 4) is 5.69 Å². The number of nitrogens with one attached hydrogen (secondary N) is 2. The number of aryl methyl sites for hydroxylation is 1. The summed E-state index contributed by atoms with van der Waals surface area (Å²) in [6, 6.07) is 19.6. The van der Waals surface area contributed by atoms with Gasteiger partial charge in [0.25, 0.3) is 5.91 Å². The fourth-order valence-corrected chi connectivity index (χ4v) is 4.98. The van der Waals surface area contributed by atoms with E-state index in [4.69, 9.17) is 11.6 Å². The summed E-state index contributed by atoms with van der Waals surface area (Å²) in [6.45, 7) is 12.3. The molecule has 0 saturated carbocycles. The van der Waals surface area contributed by atoms with E-state index in [0.717, 1.165) is 72.8 Å². The van der Waals surface area contributed by atoms with Crippen LogP contribution in [0.25, 0.3) is 16.6 Å². The van der Waals surface area contributed by atoms with Crippen LogP contribution in [0.5, 0.6) is 0 Å². The van der Waals surface area contributed by atoms with E-state index in [2.05, 4.69) is 32.1 Å². The van der Waals surface area contributed by atoms with Crippen LogP contribution >= 0.6 is 48.8 Å². The van der Waals surface area contributed by atoms with Crippen LogP contribution in [-0.2, 0) is 0 Å². The van der Waals surface area contributed by atoms with Crippen LogP contribution in [0, 0.1) is 6.92 Å². The highest BCUT2D eigenvalue weighted by Gasteiger charge is 2.16. The second kappa shape index (κ2) is 16.0. The Morgan fingerprint density at radius 2 is 1.73 bits per heavy atom. The lowest BCUT2D eigenvalue weighted by atomic mass is 10.1. The minimum Gasteiger partial charge on any atom is -0.354 e. The lowest BCUT2D eigenvalue weighted by Crippen LogP contribution is -2.48. The molecular formula is C30H36Cl4N6O. The van der Waals surface area contributed by atoms with Gasteiger partial charge in [0.1, 0.15) is 0 Å². The zero-order valence-electron chi connectivity index (χ0n) is 22.9. The van der Waals surface area contributed by atoms with Crippen LogP contribution in [0.3, 0.4) is 0 Å². The van der Waals surface area contributed by atoms with Gasteiger partial charge < -0.3 is 10.6 Å². The van der Waals surface area contributed by atoms with E-state index in [1.807, 2.05) is 84.5 Å². The smallest absolute Gasteiger partial charge is 0.251 e. The second-order valence-electron chi connectivity index (χ2n) is 9.63. The van der Waals surface area contributed by atoms with Crippen LogP contribution in [-0.4, -0.2) is 71.3 Å². The van der Waals surface area contributed by atoms with Crippen molar-refractivity contribution >= 4 is 77.0 Å². The predicted octanol–water partition coefficient (Wildman–Crippen LogP) is 6.53. The zero-order valence-corrected chi connectivity index (χ0v) is 26.1. The third kappa shape index (κ3) is 8.38. The number of carbonyl (C=O) groups excluding carboxylic acids is 1. The number of benzene rings is 3. The average Bonchev–Trinajstić information content (AvgIpc) is 3.36. The number of aromatic nitrogens is 2. The largest absolute Gasteiger partial charge is 0.354 e. The Hall–Kier alpha value is -2.78. The van der Waals surface area contributed by atoms with Crippen molar-refractivity contribution in [1.29, 1.82) is 0 Å². The summed E-state index contributed by atoms with van der Waals surface area (Å²) in [5.41, 5.74) is 5.24. The standard InChI is InChI=1S/C30H33ClN6O.3ClH/c1-3-13-35-15-17-36(18-16-35)14-12-32-30(38)23-7-5-8-26(20-23)37-28-11-10-25(19-24(28)21-33-37)34-27-9-4-6-22(2)29(27)31;;;/h3-11,19-21,34H,1,12-18H2,2H3,(H,32,38);3*1H. The van der Waals surface area contributed by atoms with Gasteiger partial charge in [0.15, 0.2) is 0 Å². The molecule has 11 heteroatoms.